The Labute approximate surface area is 290 Å². The van der Waals surface area contributed by atoms with Gasteiger partial charge < -0.3 is 23.8 Å². The van der Waals surface area contributed by atoms with Crippen LogP contribution in [-0.2, 0) is 9.53 Å². The van der Waals surface area contributed by atoms with E-state index in [-0.39, 0.29) is 24.0 Å². The maximum atomic E-state index is 14.0. The normalized spacial score (nSPS) is 13.5. The average molecular weight is 771 g/mol. The van der Waals surface area contributed by atoms with E-state index in [1.54, 1.807) is 23.2 Å². The lowest BCUT2D eigenvalue weighted by Gasteiger charge is -2.27. The van der Waals surface area contributed by atoms with Crippen LogP contribution in [0.3, 0.4) is 0 Å². The Morgan fingerprint density at radius 1 is 1.02 bits per heavy atom. The molecule has 1 aliphatic heterocycles. The highest BCUT2D eigenvalue weighted by Gasteiger charge is 2.22. The van der Waals surface area contributed by atoms with Crippen molar-refractivity contribution in [2.45, 2.75) is 40.5 Å². The molecule has 0 bridgehead atoms. The third kappa shape index (κ3) is 7.55. The maximum Gasteiger partial charge on any atom is 0.282 e. The Kier molecular flexibility index (Phi) is 11.4. The molecular weight excluding hydrogens is 732 g/mol. The number of ether oxygens (including phenoxy) is 4. The number of carbonyl (C=O) groups is 1. The Hall–Kier alpha value is -3.74. The van der Waals surface area contributed by atoms with Crippen molar-refractivity contribution in [2.24, 2.45) is 5.10 Å². The molecule has 2 heterocycles. The number of amides is 1. The van der Waals surface area contributed by atoms with Crippen molar-refractivity contribution >= 4 is 54.9 Å². The summed E-state index contributed by atoms with van der Waals surface area (Å²) in [7, 11) is 0. The van der Waals surface area contributed by atoms with Gasteiger partial charge in [0, 0.05) is 28.7 Å². The molecule has 0 N–H and O–H groups in total. The number of benzene rings is 3. The summed E-state index contributed by atoms with van der Waals surface area (Å²) < 4.78 is 25.7. The van der Waals surface area contributed by atoms with Crippen LogP contribution < -0.4 is 19.8 Å². The number of carbonyl (C=O) groups excluding carboxylic acids is 1. The van der Waals surface area contributed by atoms with Crippen molar-refractivity contribution in [3.05, 3.63) is 78.5 Å². The first-order valence-electron chi connectivity index (χ1n) is 15.6. The Morgan fingerprint density at radius 2 is 1.72 bits per heavy atom. The van der Waals surface area contributed by atoms with Crippen LogP contribution in [0, 0.1) is 6.92 Å². The zero-order chi connectivity index (χ0) is 33.7. The summed E-state index contributed by atoms with van der Waals surface area (Å²) in [5.41, 5.74) is 3.59. The molecule has 0 saturated carbocycles. The van der Waals surface area contributed by atoms with Crippen LogP contribution in [0.25, 0.3) is 22.3 Å². The lowest BCUT2D eigenvalue weighted by Crippen LogP contribution is -2.43. The largest absolute Gasteiger partial charge is 0.494 e. The summed E-state index contributed by atoms with van der Waals surface area (Å²) in [6.07, 6.45) is 1.58. The van der Waals surface area contributed by atoms with Crippen LogP contribution in [0.4, 0.5) is 0 Å². The number of nitrogens with zero attached hydrogens (tertiary/aromatic N) is 4. The summed E-state index contributed by atoms with van der Waals surface area (Å²) in [6, 6.07) is 13.0. The minimum Gasteiger partial charge on any atom is -0.494 e. The summed E-state index contributed by atoms with van der Waals surface area (Å²) in [6.45, 7) is 12.8. The van der Waals surface area contributed by atoms with Crippen molar-refractivity contribution in [1.82, 2.24) is 14.6 Å². The molecule has 3 aromatic carbocycles. The first-order valence-corrected chi connectivity index (χ1v) is 17.2. The molecule has 1 aliphatic rings. The van der Waals surface area contributed by atoms with Gasteiger partial charge in [0.05, 0.1) is 48.0 Å². The second-order valence-corrected chi connectivity index (χ2v) is 12.8. The third-order valence-corrected chi connectivity index (χ3v) is 9.89. The van der Waals surface area contributed by atoms with Crippen molar-refractivity contribution in [3.8, 4) is 28.6 Å². The second-order valence-electron chi connectivity index (χ2n) is 11.2. The monoisotopic (exact) mass is 768 g/mol. The van der Waals surface area contributed by atoms with Gasteiger partial charge in [-0.15, -0.1) is 0 Å². The molecule has 0 unspecified atom stereocenters. The number of rotatable bonds is 11. The summed E-state index contributed by atoms with van der Waals surface area (Å²) in [5, 5.41) is 5.16. The van der Waals surface area contributed by atoms with Crippen LogP contribution in [-0.4, -0.2) is 72.8 Å². The van der Waals surface area contributed by atoms with Crippen molar-refractivity contribution in [1.29, 1.82) is 0 Å². The molecule has 10 nitrogen and oxygen atoms in total. The highest BCUT2D eigenvalue weighted by Crippen LogP contribution is 2.42. The fourth-order valence-electron chi connectivity index (χ4n) is 5.33. The molecule has 248 valence electrons. The van der Waals surface area contributed by atoms with Gasteiger partial charge in [-0.1, -0.05) is 26.0 Å². The third-order valence-electron chi connectivity index (χ3n) is 7.75. The van der Waals surface area contributed by atoms with E-state index < -0.39 is 0 Å². The summed E-state index contributed by atoms with van der Waals surface area (Å²) >= 11 is 7.27. The van der Waals surface area contributed by atoms with Crippen LogP contribution in [0.15, 0.2) is 61.3 Å². The number of aromatic nitrogens is 2. The van der Waals surface area contributed by atoms with Gasteiger partial charge in [-0.2, -0.15) is 9.78 Å². The quantitative estimate of drug-likeness (QED) is 0.152. The maximum absolute atomic E-state index is 14.0. The number of fused-ring (bicyclic) bond motifs is 1. The van der Waals surface area contributed by atoms with Gasteiger partial charge in [0.2, 0.25) is 0 Å². The lowest BCUT2D eigenvalue weighted by molar-refractivity contribution is -0.137. The van der Waals surface area contributed by atoms with Gasteiger partial charge in [0.1, 0.15) is 5.75 Å². The summed E-state index contributed by atoms with van der Waals surface area (Å²) in [5.74, 6) is 2.07. The van der Waals surface area contributed by atoms with E-state index in [4.69, 9.17) is 29.0 Å². The molecule has 1 saturated heterocycles. The van der Waals surface area contributed by atoms with E-state index in [1.165, 1.54) is 4.68 Å². The zero-order valence-corrected chi connectivity index (χ0v) is 30.3. The van der Waals surface area contributed by atoms with Crippen LogP contribution in [0.2, 0.25) is 0 Å². The standard InChI is InChI=1S/C35H38Br2N4O6/c1-6-45-28-16-22(5)26(18-25(28)21(3)4)34-39-27-11-9-8-10-24(27)35(43)41(34)38-19-23-17-29(46-7-2)33(32(37)31(23)36)47-20-30(42)40-12-14-44-15-13-40/h8-11,16-19,21H,6-7,12-15,20H2,1-5H3. The number of aryl methyl sites for hydroxylation is 1. The van der Waals surface area contributed by atoms with E-state index in [2.05, 4.69) is 45.7 Å². The van der Waals surface area contributed by atoms with Gasteiger partial charge in [0.15, 0.2) is 23.9 Å². The molecule has 1 fully saturated rings. The highest BCUT2D eigenvalue weighted by molar-refractivity contribution is 9.13. The van der Waals surface area contributed by atoms with Crippen LogP contribution in [0.1, 0.15) is 50.3 Å². The minimum atomic E-state index is -0.303. The van der Waals surface area contributed by atoms with E-state index in [9.17, 15) is 9.59 Å². The molecule has 1 amide bonds. The molecule has 0 atom stereocenters. The Morgan fingerprint density at radius 3 is 2.43 bits per heavy atom. The predicted molar refractivity (Wildman–Crippen MR) is 190 cm³/mol. The fourth-order valence-corrected chi connectivity index (χ4v) is 6.27. The van der Waals surface area contributed by atoms with Crippen LogP contribution >= 0.6 is 31.9 Å². The van der Waals surface area contributed by atoms with E-state index in [1.807, 2.05) is 51.1 Å². The predicted octanol–water partition coefficient (Wildman–Crippen LogP) is 6.94. The molecule has 47 heavy (non-hydrogen) atoms. The second kappa shape index (κ2) is 15.4. The highest BCUT2D eigenvalue weighted by atomic mass is 79.9. The molecule has 4 aromatic rings. The average Bonchev–Trinajstić information content (AvgIpc) is 3.06. The topological polar surface area (TPSA) is 104 Å². The van der Waals surface area contributed by atoms with Gasteiger partial charge in [-0.25, -0.2) is 4.98 Å². The van der Waals surface area contributed by atoms with Gasteiger partial charge >= 0.3 is 0 Å². The molecular formula is C35H38Br2N4O6. The number of morpholine rings is 1. The SMILES string of the molecule is CCOc1cc(C)c(-c2nc3ccccc3c(=O)n2N=Cc2cc(OCC)c(OCC(=O)N3CCOCC3)c(Br)c2Br)cc1C(C)C. The Balaban J connectivity index is 1.58. The summed E-state index contributed by atoms with van der Waals surface area (Å²) in [4.78, 5) is 33.4. The molecule has 5 rings (SSSR count). The lowest BCUT2D eigenvalue weighted by atomic mass is 9.96. The first kappa shape index (κ1) is 34.6. The van der Waals surface area contributed by atoms with Crippen LogP contribution in [0.5, 0.6) is 17.2 Å². The van der Waals surface area contributed by atoms with E-state index in [0.29, 0.717) is 82.3 Å². The zero-order valence-electron chi connectivity index (χ0n) is 27.1. The van der Waals surface area contributed by atoms with Gasteiger partial charge in [-0.3, -0.25) is 9.59 Å². The molecule has 0 spiro atoms. The van der Waals surface area contributed by atoms with E-state index in [0.717, 1.165) is 22.4 Å². The number of hydrogen-bond donors (Lipinski definition) is 0. The smallest absolute Gasteiger partial charge is 0.282 e. The number of para-hydroxylation sites is 1. The van der Waals surface area contributed by atoms with Crippen molar-refractivity contribution in [2.75, 3.05) is 46.1 Å². The molecule has 0 aliphatic carbocycles. The molecule has 0 radical (unpaired) electrons. The molecule has 12 heteroatoms. The number of halogens is 2. The van der Waals surface area contributed by atoms with Gasteiger partial charge in [0.25, 0.3) is 11.5 Å². The fraction of sp³-hybridized carbons (Fsp3) is 0.371. The minimum absolute atomic E-state index is 0.134. The Bertz CT molecular complexity index is 1870. The van der Waals surface area contributed by atoms with Crippen molar-refractivity contribution < 1.29 is 23.7 Å². The number of hydrogen-bond acceptors (Lipinski definition) is 8. The van der Waals surface area contributed by atoms with Crippen molar-refractivity contribution in [3.63, 3.8) is 0 Å². The van der Waals surface area contributed by atoms with E-state index >= 15 is 0 Å². The molecule has 1 aromatic heterocycles. The first-order chi connectivity index (χ1) is 22.6. The van der Waals surface area contributed by atoms with Gasteiger partial charge in [-0.05, 0) is 100 Å².